The molecule has 7 heteroatoms. The van der Waals surface area contributed by atoms with Crippen LogP contribution in [0.1, 0.15) is 11.1 Å². The highest BCUT2D eigenvalue weighted by Gasteiger charge is 2.32. The first-order chi connectivity index (χ1) is 7.37. The van der Waals surface area contributed by atoms with Crippen LogP contribution in [0.2, 0.25) is 0 Å². The monoisotopic (exact) mass is 236 g/mol. The molecule has 0 aliphatic heterocycles. The molecule has 2 N–H and O–H groups in total. The first-order valence-corrected chi connectivity index (χ1v) is 4.37. The van der Waals surface area contributed by atoms with Gasteiger partial charge in [0.15, 0.2) is 0 Å². The van der Waals surface area contributed by atoms with Crippen molar-refractivity contribution in [3.63, 3.8) is 0 Å². The number of pyridine rings is 1. The maximum Gasteiger partial charge on any atom is 0.574 e. The van der Waals surface area contributed by atoms with E-state index >= 15 is 0 Å². The van der Waals surface area contributed by atoms with Crippen LogP contribution in [0.4, 0.5) is 13.2 Å². The fourth-order valence-corrected chi connectivity index (χ4v) is 1.19. The molecule has 0 unspecified atom stereocenters. The Morgan fingerprint density at radius 1 is 1.44 bits per heavy atom. The lowest BCUT2D eigenvalue weighted by atomic mass is 10.1. The summed E-state index contributed by atoms with van der Waals surface area (Å²) in [5.74, 6) is -0.502. The summed E-state index contributed by atoms with van der Waals surface area (Å²) < 4.78 is 44.5. The van der Waals surface area contributed by atoms with Gasteiger partial charge in [-0.25, -0.2) is 0 Å². The topological polar surface area (TPSA) is 57.4 Å². The van der Waals surface area contributed by atoms with Gasteiger partial charge in [0.2, 0.25) is 11.8 Å². The van der Waals surface area contributed by atoms with E-state index in [1.54, 1.807) is 6.92 Å². The zero-order chi connectivity index (χ0) is 12.3. The molecule has 0 fully saturated rings. The van der Waals surface area contributed by atoms with Crippen LogP contribution in [0, 0.1) is 6.92 Å². The summed E-state index contributed by atoms with van der Waals surface area (Å²) >= 11 is 0. The molecular weight excluding hydrogens is 225 g/mol. The third-order valence-electron chi connectivity index (χ3n) is 1.95. The number of aromatic nitrogens is 1. The van der Waals surface area contributed by atoms with Crippen LogP contribution in [0.25, 0.3) is 0 Å². The van der Waals surface area contributed by atoms with Crippen molar-refractivity contribution in [1.82, 2.24) is 4.98 Å². The van der Waals surface area contributed by atoms with Crippen molar-refractivity contribution in [3.8, 4) is 11.8 Å². The number of hydrogen-bond acceptors (Lipinski definition) is 4. The minimum absolute atomic E-state index is 0.0715. The highest BCUT2D eigenvalue weighted by Crippen LogP contribution is 2.27. The van der Waals surface area contributed by atoms with Gasteiger partial charge >= 0.3 is 6.36 Å². The molecule has 1 heterocycles. The standard InChI is InChI=1S/C9H11F3N2O2/c1-5-6(4-13)3-7(14-8(5)15-2)16-9(10,11)12/h3H,4,13H2,1-2H3. The van der Waals surface area contributed by atoms with Crippen LogP contribution in [0.5, 0.6) is 11.8 Å². The minimum Gasteiger partial charge on any atom is -0.481 e. The SMILES string of the molecule is COc1nc(OC(F)(F)F)cc(CN)c1C. The fraction of sp³-hybridized carbons (Fsp3) is 0.444. The zero-order valence-corrected chi connectivity index (χ0v) is 8.76. The third kappa shape index (κ3) is 2.99. The number of hydrogen-bond donors (Lipinski definition) is 1. The molecule has 0 radical (unpaired) electrons. The molecular formula is C9H11F3N2O2. The predicted molar refractivity (Wildman–Crippen MR) is 50.1 cm³/mol. The summed E-state index contributed by atoms with van der Waals surface area (Å²) in [5.41, 5.74) is 6.48. The first-order valence-electron chi connectivity index (χ1n) is 4.37. The average molecular weight is 236 g/mol. The van der Waals surface area contributed by atoms with Crippen molar-refractivity contribution in [1.29, 1.82) is 0 Å². The van der Waals surface area contributed by atoms with Crippen molar-refractivity contribution < 1.29 is 22.6 Å². The Morgan fingerprint density at radius 3 is 2.50 bits per heavy atom. The molecule has 0 spiro atoms. The van der Waals surface area contributed by atoms with Gasteiger partial charge in [0, 0.05) is 18.2 Å². The Kier molecular flexibility index (Phi) is 3.58. The van der Waals surface area contributed by atoms with E-state index in [4.69, 9.17) is 10.5 Å². The summed E-state index contributed by atoms with van der Waals surface area (Å²) in [4.78, 5) is 3.56. The summed E-state index contributed by atoms with van der Waals surface area (Å²) in [6.07, 6.45) is -4.78. The highest BCUT2D eigenvalue weighted by atomic mass is 19.4. The quantitative estimate of drug-likeness (QED) is 0.868. The molecule has 0 atom stereocenters. The van der Waals surface area contributed by atoms with E-state index in [0.717, 1.165) is 6.07 Å². The van der Waals surface area contributed by atoms with Crippen LogP contribution >= 0.6 is 0 Å². The highest BCUT2D eigenvalue weighted by molar-refractivity contribution is 5.37. The van der Waals surface area contributed by atoms with Crippen molar-refractivity contribution >= 4 is 0 Å². The molecule has 0 saturated carbocycles. The lowest BCUT2D eigenvalue weighted by Gasteiger charge is -2.13. The molecule has 0 bridgehead atoms. The Morgan fingerprint density at radius 2 is 2.06 bits per heavy atom. The van der Waals surface area contributed by atoms with Crippen molar-refractivity contribution in [3.05, 3.63) is 17.2 Å². The number of halogens is 3. The predicted octanol–water partition coefficient (Wildman–Crippen LogP) is 1.76. The average Bonchev–Trinajstić information content (AvgIpc) is 2.18. The first kappa shape index (κ1) is 12.6. The molecule has 4 nitrogen and oxygen atoms in total. The Hall–Kier alpha value is -1.50. The van der Waals surface area contributed by atoms with Crippen molar-refractivity contribution in [2.75, 3.05) is 7.11 Å². The maximum absolute atomic E-state index is 12.0. The van der Waals surface area contributed by atoms with Crippen molar-refractivity contribution in [2.24, 2.45) is 5.73 Å². The van der Waals surface area contributed by atoms with E-state index in [-0.39, 0.29) is 12.4 Å². The third-order valence-corrected chi connectivity index (χ3v) is 1.95. The van der Waals surface area contributed by atoms with Gasteiger partial charge in [-0.2, -0.15) is 4.98 Å². The largest absolute Gasteiger partial charge is 0.574 e. The van der Waals surface area contributed by atoms with Gasteiger partial charge in [0.05, 0.1) is 7.11 Å². The van der Waals surface area contributed by atoms with Gasteiger partial charge < -0.3 is 15.2 Å². The van der Waals surface area contributed by atoms with Gasteiger partial charge in [0.25, 0.3) is 0 Å². The fourth-order valence-electron chi connectivity index (χ4n) is 1.19. The summed E-state index contributed by atoms with van der Waals surface area (Å²) in [6.45, 7) is 1.74. The summed E-state index contributed by atoms with van der Waals surface area (Å²) in [5, 5.41) is 0. The Labute approximate surface area is 90.2 Å². The van der Waals surface area contributed by atoms with E-state index in [1.165, 1.54) is 7.11 Å². The molecule has 1 aromatic rings. The van der Waals surface area contributed by atoms with Gasteiger partial charge in [-0.3, -0.25) is 0 Å². The Bertz CT molecular complexity index is 355. The number of nitrogens with two attached hydrogens (primary N) is 1. The molecule has 0 aliphatic rings. The normalized spacial score (nSPS) is 11.4. The molecule has 0 aromatic carbocycles. The number of methoxy groups -OCH3 is 1. The number of ether oxygens (including phenoxy) is 2. The lowest BCUT2D eigenvalue weighted by Crippen LogP contribution is -2.18. The van der Waals surface area contributed by atoms with Gasteiger partial charge in [-0.1, -0.05) is 0 Å². The Balaban J connectivity index is 3.12. The number of rotatable bonds is 3. The van der Waals surface area contributed by atoms with E-state index in [2.05, 4.69) is 9.72 Å². The van der Waals surface area contributed by atoms with Crippen LogP contribution in [0.3, 0.4) is 0 Å². The zero-order valence-electron chi connectivity index (χ0n) is 8.76. The summed E-state index contributed by atoms with van der Waals surface area (Å²) in [6, 6.07) is 1.14. The second-order valence-corrected chi connectivity index (χ2v) is 3.01. The van der Waals surface area contributed by atoms with E-state index in [0.29, 0.717) is 11.1 Å². The molecule has 0 amide bonds. The molecule has 16 heavy (non-hydrogen) atoms. The van der Waals surface area contributed by atoms with E-state index < -0.39 is 12.2 Å². The number of nitrogens with zero attached hydrogens (tertiary/aromatic N) is 1. The summed E-state index contributed by atoms with van der Waals surface area (Å²) in [7, 11) is 1.31. The molecule has 1 rings (SSSR count). The van der Waals surface area contributed by atoms with Gasteiger partial charge in [-0.15, -0.1) is 13.2 Å². The lowest BCUT2D eigenvalue weighted by molar-refractivity contribution is -0.276. The van der Waals surface area contributed by atoms with Gasteiger partial charge in [-0.05, 0) is 12.5 Å². The smallest absolute Gasteiger partial charge is 0.481 e. The molecule has 0 aliphatic carbocycles. The van der Waals surface area contributed by atoms with Crippen LogP contribution < -0.4 is 15.2 Å². The minimum atomic E-state index is -4.78. The van der Waals surface area contributed by atoms with Gasteiger partial charge in [0.1, 0.15) is 0 Å². The second kappa shape index (κ2) is 4.56. The second-order valence-electron chi connectivity index (χ2n) is 3.01. The van der Waals surface area contributed by atoms with Crippen LogP contribution in [-0.4, -0.2) is 18.5 Å². The molecule has 90 valence electrons. The number of alkyl halides is 3. The van der Waals surface area contributed by atoms with Crippen LogP contribution in [-0.2, 0) is 6.54 Å². The molecule has 1 aromatic heterocycles. The maximum atomic E-state index is 12.0. The van der Waals surface area contributed by atoms with Crippen LogP contribution in [0.15, 0.2) is 6.07 Å². The van der Waals surface area contributed by atoms with E-state index in [9.17, 15) is 13.2 Å². The van der Waals surface area contributed by atoms with E-state index in [1.807, 2.05) is 0 Å². The van der Waals surface area contributed by atoms with Crippen molar-refractivity contribution in [2.45, 2.75) is 19.8 Å². The molecule has 0 saturated heterocycles.